The molecule has 1 saturated heterocycles. The SMILES string of the molecule is C=C(Br)CB1OC(C(=O)OCC)C(C(=O)OCC)O1. The van der Waals surface area contributed by atoms with Crippen molar-refractivity contribution in [3.05, 3.63) is 11.1 Å². The fraction of sp³-hybridized carbons (Fsp3) is 0.636. The second-order valence-electron chi connectivity index (χ2n) is 3.77. The highest BCUT2D eigenvalue weighted by Crippen LogP contribution is 2.25. The molecule has 6 nitrogen and oxygen atoms in total. The Balaban J connectivity index is 2.74. The van der Waals surface area contributed by atoms with Crippen molar-refractivity contribution in [2.45, 2.75) is 32.4 Å². The van der Waals surface area contributed by atoms with Crippen molar-refractivity contribution in [1.82, 2.24) is 0 Å². The number of rotatable bonds is 6. The van der Waals surface area contributed by atoms with Crippen LogP contribution in [-0.2, 0) is 28.4 Å². The number of hydrogen-bond acceptors (Lipinski definition) is 6. The maximum atomic E-state index is 11.7. The quantitative estimate of drug-likeness (QED) is 0.538. The van der Waals surface area contributed by atoms with Crippen LogP contribution in [0.1, 0.15) is 13.8 Å². The Morgan fingerprint density at radius 1 is 1.16 bits per heavy atom. The lowest BCUT2D eigenvalue weighted by Gasteiger charge is -2.15. The first kappa shape index (κ1) is 16.2. The molecule has 0 aromatic heterocycles. The standard InChI is InChI=1S/C11H16BBrO6/c1-4-16-10(14)8-9(11(15)17-5-2)19-12(18-8)6-7(3)13/h8-9H,3-6H2,1-2H3. The lowest BCUT2D eigenvalue weighted by Crippen LogP contribution is -2.39. The Bertz CT molecular complexity index is 335. The van der Waals surface area contributed by atoms with Crippen molar-refractivity contribution in [3.63, 3.8) is 0 Å². The summed E-state index contributed by atoms with van der Waals surface area (Å²) >= 11 is 3.17. The lowest BCUT2D eigenvalue weighted by atomic mass is 9.85. The van der Waals surface area contributed by atoms with Crippen LogP contribution in [0.2, 0.25) is 6.32 Å². The van der Waals surface area contributed by atoms with Gasteiger partial charge in [0.1, 0.15) is 0 Å². The Morgan fingerprint density at radius 3 is 1.89 bits per heavy atom. The maximum absolute atomic E-state index is 11.7. The molecule has 0 spiro atoms. The van der Waals surface area contributed by atoms with Gasteiger partial charge in [0.2, 0.25) is 0 Å². The number of halogens is 1. The van der Waals surface area contributed by atoms with Crippen molar-refractivity contribution in [2.75, 3.05) is 13.2 Å². The number of ether oxygens (including phenoxy) is 2. The highest BCUT2D eigenvalue weighted by Gasteiger charge is 2.48. The van der Waals surface area contributed by atoms with Crippen LogP contribution >= 0.6 is 15.9 Å². The molecule has 2 atom stereocenters. The van der Waals surface area contributed by atoms with E-state index in [1.54, 1.807) is 13.8 Å². The molecule has 1 fully saturated rings. The summed E-state index contributed by atoms with van der Waals surface area (Å²) in [5, 5.41) is 0. The van der Waals surface area contributed by atoms with Crippen LogP contribution in [0.25, 0.3) is 0 Å². The lowest BCUT2D eigenvalue weighted by molar-refractivity contribution is -0.163. The van der Waals surface area contributed by atoms with Crippen molar-refractivity contribution in [1.29, 1.82) is 0 Å². The molecule has 0 N–H and O–H groups in total. The second kappa shape index (κ2) is 7.67. The summed E-state index contributed by atoms with van der Waals surface area (Å²) in [5.74, 6) is -1.27. The van der Waals surface area contributed by atoms with Crippen molar-refractivity contribution in [3.8, 4) is 0 Å². The maximum Gasteiger partial charge on any atom is 0.463 e. The molecule has 1 rings (SSSR count). The van der Waals surface area contributed by atoms with Gasteiger partial charge in [-0.25, -0.2) is 9.59 Å². The van der Waals surface area contributed by atoms with Gasteiger partial charge < -0.3 is 18.8 Å². The molecule has 19 heavy (non-hydrogen) atoms. The van der Waals surface area contributed by atoms with Gasteiger partial charge in [-0.2, -0.15) is 0 Å². The zero-order valence-electron chi connectivity index (χ0n) is 10.9. The zero-order chi connectivity index (χ0) is 14.4. The highest BCUT2D eigenvalue weighted by molar-refractivity contribution is 9.11. The average molecular weight is 335 g/mol. The fourth-order valence-corrected chi connectivity index (χ4v) is 1.85. The van der Waals surface area contributed by atoms with Gasteiger partial charge in [-0.3, -0.25) is 0 Å². The van der Waals surface area contributed by atoms with E-state index in [2.05, 4.69) is 22.5 Å². The predicted molar refractivity (Wildman–Crippen MR) is 71.6 cm³/mol. The minimum Gasteiger partial charge on any atom is -0.464 e. The zero-order valence-corrected chi connectivity index (χ0v) is 12.5. The fourth-order valence-electron chi connectivity index (χ4n) is 1.59. The molecule has 2 unspecified atom stereocenters. The molecule has 106 valence electrons. The van der Waals surface area contributed by atoms with Gasteiger partial charge in [0.05, 0.1) is 13.2 Å². The summed E-state index contributed by atoms with van der Waals surface area (Å²) in [6.45, 7) is 7.40. The van der Waals surface area contributed by atoms with Crippen molar-refractivity contribution >= 4 is 35.0 Å². The topological polar surface area (TPSA) is 71.1 Å². The normalized spacial score (nSPS) is 22.2. The molecule has 8 heteroatoms. The van der Waals surface area contributed by atoms with E-state index < -0.39 is 31.3 Å². The summed E-state index contributed by atoms with van der Waals surface area (Å²) in [4.78, 5) is 23.5. The third kappa shape index (κ3) is 4.63. The number of esters is 2. The van der Waals surface area contributed by atoms with Crippen LogP contribution < -0.4 is 0 Å². The first-order valence-corrected chi connectivity index (χ1v) is 6.76. The first-order chi connectivity index (χ1) is 8.99. The molecule has 1 heterocycles. The third-order valence-electron chi connectivity index (χ3n) is 2.30. The van der Waals surface area contributed by atoms with Gasteiger partial charge >= 0.3 is 19.1 Å². The summed E-state index contributed by atoms with van der Waals surface area (Å²) in [5.41, 5.74) is 0. The molecule has 0 aliphatic carbocycles. The van der Waals surface area contributed by atoms with E-state index in [0.717, 1.165) is 0 Å². The Labute approximate surface area is 120 Å². The molecule has 0 amide bonds. The van der Waals surface area contributed by atoms with Crippen LogP contribution in [0.3, 0.4) is 0 Å². The first-order valence-electron chi connectivity index (χ1n) is 5.97. The summed E-state index contributed by atoms with van der Waals surface area (Å²) in [6, 6.07) is 0. The van der Waals surface area contributed by atoms with Crippen molar-refractivity contribution < 1.29 is 28.4 Å². The Hall–Kier alpha value is -0.855. The Kier molecular flexibility index (Phi) is 6.54. The number of allylic oxidation sites excluding steroid dienone is 1. The monoisotopic (exact) mass is 334 g/mol. The van der Waals surface area contributed by atoms with Crippen LogP contribution in [0.4, 0.5) is 0 Å². The van der Waals surface area contributed by atoms with Gasteiger partial charge in [-0.05, 0) is 18.3 Å². The molecule has 0 radical (unpaired) electrons. The van der Waals surface area contributed by atoms with Crippen LogP contribution in [0.15, 0.2) is 11.1 Å². The third-order valence-corrected chi connectivity index (χ3v) is 2.62. The van der Waals surface area contributed by atoms with Gasteiger partial charge in [0.15, 0.2) is 12.2 Å². The summed E-state index contributed by atoms with van der Waals surface area (Å²) in [7, 11) is -0.726. The van der Waals surface area contributed by atoms with E-state index in [1.807, 2.05) is 0 Å². The van der Waals surface area contributed by atoms with E-state index >= 15 is 0 Å². The minimum atomic E-state index is -1.10. The van der Waals surface area contributed by atoms with E-state index in [1.165, 1.54) is 0 Å². The Morgan fingerprint density at radius 2 is 1.58 bits per heavy atom. The second-order valence-corrected chi connectivity index (χ2v) is 4.89. The van der Waals surface area contributed by atoms with E-state index in [9.17, 15) is 9.59 Å². The molecule has 0 bridgehead atoms. The highest BCUT2D eigenvalue weighted by atomic mass is 79.9. The predicted octanol–water partition coefficient (Wildman–Crippen LogP) is 1.29. The summed E-state index contributed by atoms with van der Waals surface area (Å²) < 4.78 is 21.1. The van der Waals surface area contributed by atoms with Crippen molar-refractivity contribution in [2.24, 2.45) is 0 Å². The molecule has 1 aliphatic rings. The number of carbonyl (C=O) groups excluding carboxylic acids is 2. The average Bonchev–Trinajstić information content (AvgIpc) is 2.72. The van der Waals surface area contributed by atoms with Gasteiger partial charge in [-0.15, -0.1) is 0 Å². The molecular formula is C11H16BBrO6. The molecular weight excluding hydrogens is 319 g/mol. The smallest absolute Gasteiger partial charge is 0.463 e. The molecule has 0 saturated carbocycles. The van der Waals surface area contributed by atoms with Gasteiger partial charge in [0, 0.05) is 6.32 Å². The van der Waals surface area contributed by atoms with Gasteiger partial charge in [-0.1, -0.05) is 22.5 Å². The largest absolute Gasteiger partial charge is 0.464 e. The van der Waals surface area contributed by atoms with E-state index in [4.69, 9.17) is 18.8 Å². The summed E-state index contributed by atoms with van der Waals surface area (Å²) in [6.07, 6.45) is -1.88. The van der Waals surface area contributed by atoms with Crippen LogP contribution in [0.5, 0.6) is 0 Å². The molecule has 0 aromatic rings. The van der Waals surface area contributed by atoms with Crippen LogP contribution in [0, 0.1) is 0 Å². The molecule has 1 aliphatic heterocycles. The van der Waals surface area contributed by atoms with Crippen LogP contribution in [-0.4, -0.2) is 44.5 Å². The van der Waals surface area contributed by atoms with Gasteiger partial charge in [0.25, 0.3) is 0 Å². The minimum absolute atomic E-state index is 0.198. The number of hydrogen-bond donors (Lipinski definition) is 0. The molecule has 0 aromatic carbocycles. The van der Waals surface area contributed by atoms with E-state index in [-0.39, 0.29) is 13.2 Å². The van der Waals surface area contributed by atoms with E-state index in [0.29, 0.717) is 10.8 Å². The number of carbonyl (C=O) groups is 2.